The maximum Gasteiger partial charge on any atom is 0.140 e. The van der Waals surface area contributed by atoms with Crippen molar-refractivity contribution in [1.82, 2.24) is 0 Å². The Labute approximate surface area is 185 Å². The van der Waals surface area contributed by atoms with Gasteiger partial charge in [-0.2, -0.15) is 0 Å². The number of Topliss-reactive ketones (excluding diaryl/α,β-unsaturated/α-hetero) is 1. The minimum Gasteiger partial charge on any atom is -0.299 e. The van der Waals surface area contributed by atoms with Crippen LogP contribution in [0.15, 0.2) is 53.6 Å². The van der Waals surface area contributed by atoms with E-state index in [0.717, 1.165) is 12.8 Å². The van der Waals surface area contributed by atoms with E-state index in [4.69, 9.17) is 0 Å². The standard InChI is InChI=1S/C29H42O/c1-20(2)11-13-25-17-24(16-23-9-7-6-8-10-23)18-26(25)19-29(30)28-15-22(5)12-14-27(28)21(3)4/h6-10,17-18,20-22,25,27-28H,11-16,19H2,1-5H3/t22-,25?,27+,28-/m1/s1. The van der Waals surface area contributed by atoms with Crippen molar-refractivity contribution in [3.63, 3.8) is 0 Å². The summed E-state index contributed by atoms with van der Waals surface area (Å²) in [5.41, 5.74) is 4.14. The van der Waals surface area contributed by atoms with Crippen LogP contribution in [0.5, 0.6) is 0 Å². The maximum absolute atomic E-state index is 13.5. The number of hydrogen-bond acceptors (Lipinski definition) is 1. The summed E-state index contributed by atoms with van der Waals surface area (Å²) in [6.45, 7) is 11.5. The summed E-state index contributed by atoms with van der Waals surface area (Å²) in [6.07, 6.45) is 12.5. The molecule has 2 aliphatic carbocycles. The molecule has 0 N–H and O–H groups in total. The average molecular weight is 407 g/mol. The Hall–Kier alpha value is -1.63. The molecule has 0 aliphatic heterocycles. The second-order valence-electron chi connectivity index (χ2n) is 10.8. The number of rotatable bonds is 9. The van der Waals surface area contributed by atoms with Crippen molar-refractivity contribution in [2.75, 3.05) is 0 Å². The topological polar surface area (TPSA) is 17.1 Å². The first-order chi connectivity index (χ1) is 14.3. The highest BCUT2D eigenvalue weighted by Crippen LogP contribution is 2.41. The highest BCUT2D eigenvalue weighted by Gasteiger charge is 2.36. The highest BCUT2D eigenvalue weighted by molar-refractivity contribution is 5.84. The van der Waals surface area contributed by atoms with Crippen molar-refractivity contribution in [2.45, 2.75) is 79.6 Å². The Morgan fingerprint density at radius 3 is 2.47 bits per heavy atom. The molecule has 1 saturated carbocycles. The summed E-state index contributed by atoms with van der Waals surface area (Å²) < 4.78 is 0. The van der Waals surface area contributed by atoms with Gasteiger partial charge in [0.1, 0.15) is 5.78 Å². The lowest BCUT2D eigenvalue weighted by Crippen LogP contribution is -2.33. The van der Waals surface area contributed by atoms with Crippen LogP contribution in [0.4, 0.5) is 0 Å². The molecule has 0 spiro atoms. The molecule has 0 radical (unpaired) electrons. The zero-order valence-electron chi connectivity index (χ0n) is 19.9. The van der Waals surface area contributed by atoms with Crippen molar-refractivity contribution in [3.8, 4) is 0 Å². The summed E-state index contributed by atoms with van der Waals surface area (Å²) in [6, 6.07) is 10.7. The molecule has 0 saturated heterocycles. The number of carbonyl (C=O) groups excluding carboxylic acids is 1. The third kappa shape index (κ3) is 6.19. The molecule has 30 heavy (non-hydrogen) atoms. The molecule has 0 heterocycles. The molecule has 3 rings (SSSR count). The van der Waals surface area contributed by atoms with E-state index in [1.165, 1.54) is 42.4 Å². The van der Waals surface area contributed by atoms with Crippen LogP contribution in [-0.4, -0.2) is 5.78 Å². The van der Waals surface area contributed by atoms with E-state index in [0.29, 0.717) is 41.8 Å². The molecule has 0 bridgehead atoms. The van der Waals surface area contributed by atoms with E-state index in [1.54, 1.807) is 0 Å². The van der Waals surface area contributed by atoms with E-state index in [2.05, 4.69) is 77.1 Å². The summed E-state index contributed by atoms with van der Waals surface area (Å²) in [4.78, 5) is 13.5. The molecule has 0 amide bonds. The van der Waals surface area contributed by atoms with Gasteiger partial charge in [-0.3, -0.25) is 4.79 Å². The fourth-order valence-corrected chi connectivity index (χ4v) is 5.57. The lowest BCUT2D eigenvalue weighted by atomic mass is 9.67. The second kappa shape index (κ2) is 10.6. The predicted octanol–water partition coefficient (Wildman–Crippen LogP) is 7.82. The fraction of sp³-hybridized carbons (Fsp3) is 0.621. The normalized spacial score (nSPS) is 26.8. The van der Waals surface area contributed by atoms with Gasteiger partial charge in [0, 0.05) is 12.3 Å². The van der Waals surface area contributed by atoms with Crippen LogP contribution >= 0.6 is 0 Å². The molecular weight excluding hydrogens is 364 g/mol. The molecule has 1 fully saturated rings. The van der Waals surface area contributed by atoms with Gasteiger partial charge in [0.15, 0.2) is 0 Å². The molecule has 4 atom stereocenters. The van der Waals surface area contributed by atoms with Gasteiger partial charge in [-0.1, -0.05) is 95.5 Å². The van der Waals surface area contributed by atoms with Gasteiger partial charge in [-0.15, -0.1) is 0 Å². The van der Waals surface area contributed by atoms with E-state index < -0.39 is 0 Å². The van der Waals surface area contributed by atoms with Crippen molar-refractivity contribution in [3.05, 3.63) is 59.2 Å². The van der Waals surface area contributed by atoms with Crippen LogP contribution in [0, 0.1) is 35.5 Å². The average Bonchev–Trinajstić information content (AvgIpc) is 3.07. The van der Waals surface area contributed by atoms with Gasteiger partial charge in [0.05, 0.1) is 0 Å². The molecule has 2 aliphatic rings. The van der Waals surface area contributed by atoms with Gasteiger partial charge in [-0.25, -0.2) is 0 Å². The number of benzene rings is 1. The largest absolute Gasteiger partial charge is 0.299 e. The molecule has 1 unspecified atom stereocenters. The molecule has 1 aromatic carbocycles. The van der Waals surface area contributed by atoms with E-state index >= 15 is 0 Å². The van der Waals surface area contributed by atoms with Crippen LogP contribution in [-0.2, 0) is 11.2 Å². The van der Waals surface area contributed by atoms with Crippen LogP contribution in [0.1, 0.15) is 78.7 Å². The predicted molar refractivity (Wildman–Crippen MR) is 128 cm³/mol. The summed E-state index contributed by atoms with van der Waals surface area (Å²) >= 11 is 0. The molecule has 0 aromatic heterocycles. The first-order valence-corrected chi connectivity index (χ1v) is 12.3. The minimum atomic E-state index is 0.263. The Balaban J connectivity index is 1.73. The third-order valence-electron chi connectivity index (χ3n) is 7.38. The summed E-state index contributed by atoms with van der Waals surface area (Å²) in [7, 11) is 0. The van der Waals surface area contributed by atoms with Crippen molar-refractivity contribution in [1.29, 1.82) is 0 Å². The van der Waals surface area contributed by atoms with Crippen LogP contribution in [0.2, 0.25) is 0 Å². The zero-order chi connectivity index (χ0) is 21.7. The Bertz CT molecular complexity index is 752. The molecule has 1 nitrogen and oxygen atoms in total. The maximum atomic E-state index is 13.5. The van der Waals surface area contributed by atoms with Gasteiger partial charge in [-0.05, 0) is 66.4 Å². The first-order valence-electron chi connectivity index (χ1n) is 12.3. The lowest BCUT2D eigenvalue weighted by Gasteiger charge is -2.36. The van der Waals surface area contributed by atoms with E-state index in [-0.39, 0.29) is 5.92 Å². The lowest BCUT2D eigenvalue weighted by molar-refractivity contribution is -0.126. The van der Waals surface area contributed by atoms with Gasteiger partial charge >= 0.3 is 0 Å². The van der Waals surface area contributed by atoms with Crippen molar-refractivity contribution >= 4 is 5.78 Å². The molecular formula is C29H42O. The number of allylic oxidation sites excluding steroid dienone is 4. The SMILES string of the molecule is CC(C)CCC1C=C(Cc2ccccc2)C=C1CC(=O)[C@@H]1C[C@H](C)CC[C@H]1C(C)C. The highest BCUT2D eigenvalue weighted by atomic mass is 16.1. The van der Waals surface area contributed by atoms with Gasteiger partial charge < -0.3 is 0 Å². The monoisotopic (exact) mass is 406 g/mol. The summed E-state index contributed by atoms with van der Waals surface area (Å²) in [5.74, 6) is 3.80. The zero-order valence-corrected chi connectivity index (χ0v) is 19.9. The van der Waals surface area contributed by atoms with E-state index in [9.17, 15) is 4.79 Å². The number of carbonyl (C=O) groups is 1. The Morgan fingerprint density at radius 1 is 1.07 bits per heavy atom. The Kier molecular flexibility index (Phi) is 8.14. The van der Waals surface area contributed by atoms with Gasteiger partial charge in [0.2, 0.25) is 0 Å². The smallest absolute Gasteiger partial charge is 0.140 e. The van der Waals surface area contributed by atoms with E-state index in [1.807, 2.05) is 0 Å². The van der Waals surface area contributed by atoms with Crippen LogP contribution < -0.4 is 0 Å². The summed E-state index contributed by atoms with van der Waals surface area (Å²) in [5, 5.41) is 0. The molecule has 1 heteroatoms. The fourth-order valence-electron chi connectivity index (χ4n) is 5.57. The van der Waals surface area contributed by atoms with Gasteiger partial charge in [0.25, 0.3) is 0 Å². The Morgan fingerprint density at radius 2 is 1.80 bits per heavy atom. The second-order valence-corrected chi connectivity index (χ2v) is 10.8. The van der Waals surface area contributed by atoms with Crippen molar-refractivity contribution < 1.29 is 4.79 Å². The molecule has 164 valence electrons. The van der Waals surface area contributed by atoms with Crippen LogP contribution in [0.3, 0.4) is 0 Å². The quantitative estimate of drug-likeness (QED) is 0.408. The van der Waals surface area contributed by atoms with Crippen LogP contribution in [0.25, 0.3) is 0 Å². The molecule has 1 aromatic rings. The first kappa shape index (κ1) is 23.0. The number of hydrogen-bond donors (Lipinski definition) is 0. The minimum absolute atomic E-state index is 0.263. The van der Waals surface area contributed by atoms with Crippen molar-refractivity contribution in [2.24, 2.45) is 35.5 Å². The number of ketones is 1. The third-order valence-corrected chi connectivity index (χ3v) is 7.38.